The number of rotatable bonds is 8. The molecule has 0 aliphatic carbocycles. The van der Waals surface area contributed by atoms with Crippen molar-refractivity contribution in [2.75, 3.05) is 31.4 Å². The minimum Gasteiger partial charge on any atom is -0.497 e. The predicted octanol–water partition coefficient (Wildman–Crippen LogP) is 3.41. The lowest BCUT2D eigenvalue weighted by Gasteiger charge is -2.22. The molecule has 1 atom stereocenters. The van der Waals surface area contributed by atoms with Crippen molar-refractivity contribution in [3.8, 4) is 11.5 Å². The molecule has 1 aliphatic rings. The van der Waals surface area contributed by atoms with Gasteiger partial charge in [-0.15, -0.1) is 10.2 Å². The maximum atomic E-state index is 12.8. The lowest BCUT2D eigenvalue weighted by molar-refractivity contribution is -0.120. The van der Waals surface area contributed by atoms with Crippen LogP contribution in [0.5, 0.6) is 11.5 Å². The Morgan fingerprint density at radius 1 is 0.970 bits per heavy atom. The van der Waals surface area contributed by atoms with Gasteiger partial charge < -0.3 is 20.1 Å². The molecule has 172 valence electrons. The van der Waals surface area contributed by atoms with Gasteiger partial charge in [0, 0.05) is 11.4 Å². The van der Waals surface area contributed by atoms with Crippen LogP contribution >= 0.6 is 11.3 Å². The van der Waals surface area contributed by atoms with Crippen molar-refractivity contribution in [2.45, 2.75) is 25.4 Å². The Labute approximate surface area is 195 Å². The highest BCUT2D eigenvalue weighted by Gasteiger charge is 2.31. The summed E-state index contributed by atoms with van der Waals surface area (Å²) in [7, 11) is 3.19. The highest BCUT2D eigenvalue weighted by Crippen LogP contribution is 2.24. The molecule has 9 nitrogen and oxygen atoms in total. The molecule has 1 aliphatic heterocycles. The number of hydrogen-bond donors (Lipinski definition) is 2. The van der Waals surface area contributed by atoms with Gasteiger partial charge in [0.1, 0.15) is 16.5 Å². The van der Waals surface area contributed by atoms with E-state index < -0.39 is 0 Å². The first-order valence-corrected chi connectivity index (χ1v) is 11.3. The van der Waals surface area contributed by atoms with E-state index in [0.717, 1.165) is 30.8 Å². The lowest BCUT2D eigenvalue weighted by Crippen LogP contribution is -2.39. The molecule has 1 unspecified atom stereocenters. The first-order valence-electron chi connectivity index (χ1n) is 10.5. The van der Waals surface area contributed by atoms with Crippen LogP contribution in [0.3, 0.4) is 0 Å². The highest BCUT2D eigenvalue weighted by atomic mass is 32.1. The molecule has 2 aromatic carbocycles. The Morgan fingerprint density at radius 3 is 2.18 bits per heavy atom. The minimum atomic E-state index is -0.320. The lowest BCUT2D eigenvalue weighted by atomic mass is 10.2. The molecule has 0 radical (unpaired) electrons. The van der Waals surface area contributed by atoms with Crippen molar-refractivity contribution in [3.63, 3.8) is 0 Å². The molecule has 1 fully saturated rings. The van der Waals surface area contributed by atoms with Crippen LogP contribution in [0.1, 0.15) is 27.7 Å². The van der Waals surface area contributed by atoms with Crippen LogP contribution in [0.2, 0.25) is 0 Å². The number of carbonyl (C=O) groups excluding carboxylic acids is 2. The number of nitrogens with zero attached hydrogens (tertiary/aromatic N) is 3. The second-order valence-electron chi connectivity index (χ2n) is 7.53. The van der Waals surface area contributed by atoms with Gasteiger partial charge in [0.05, 0.1) is 26.8 Å². The van der Waals surface area contributed by atoms with Crippen molar-refractivity contribution in [1.29, 1.82) is 0 Å². The van der Waals surface area contributed by atoms with Crippen LogP contribution in [0.4, 0.5) is 11.4 Å². The standard InChI is InChI=1S/C23H25N5O4S/c1-31-17-9-5-15(6-10-17)24-21(29)19-4-3-13-28(19)14-20-26-27-23(33-20)22(30)25-16-7-11-18(32-2)12-8-16/h5-12,19H,3-4,13-14H2,1-2H3,(H,24,29)(H,25,30). The van der Waals surface area contributed by atoms with Crippen LogP contribution in [-0.2, 0) is 11.3 Å². The summed E-state index contributed by atoms with van der Waals surface area (Å²) < 4.78 is 10.3. The molecule has 0 bridgehead atoms. The van der Waals surface area contributed by atoms with Gasteiger partial charge in [-0.3, -0.25) is 14.5 Å². The quantitative estimate of drug-likeness (QED) is 0.523. The van der Waals surface area contributed by atoms with E-state index in [9.17, 15) is 9.59 Å². The molecule has 2 heterocycles. The summed E-state index contributed by atoms with van der Waals surface area (Å²) in [4.78, 5) is 27.4. The molecular formula is C23H25N5O4S. The Kier molecular flexibility index (Phi) is 7.16. The monoisotopic (exact) mass is 467 g/mol. The van der Waals surface area contributed by atoms with Gasteiger partial charge in [-0.2, -0.15) is 0 Å². The largest absolute Gasteiger partial charge is 0.497 e. The molecule has 1 saturated heterocycles. The maximum Gasteiger partial charge on any atom is 0.286 e. The van der Waals surface area contributed by atoms with Crippen molar-refractivity contribution in [1.82, 2.24) is 15.1 Å². The van der Waals surface area contributed by atoms with Gasteiger partial charge >= 0.3 is 0 Å². The van der Waals surface area contributed by atoms with Gasteiger partial charge in [0.15, 0.2) is 0 Å². The Bertz CT molecular complexity index is 1100. The molecule has 10 heteroatoms. The number of anilines is 2. The number of benzene rings is 2. The Balaban J connectivity index is 1.34. The summed E-state index contributed by atoms with van der Waals surface area (Å²) in [5.41, 5.74) is 1.37. The smallest absolute Gasteiger partial charge is 0.286 e. The summed E-state index contributed by atoms with van der Waals surface area (Å²) in [6.07, 6.45) is 1.69. The molecule has 2 amide bonds. The zero-order valence-corrected chi connectivity index (χ0v) is 19.2. The van der Waals surface area contributed by atoms with Crippen molar-refractivity contribution < 1.29 is 19.1 Å². The maximum absolute atomic E-state index is 12.8. The van der Waals surface area contributed by atoms with Crippen LogP contribution < -0.4 is 20.1 Å². The predicted molar refractivity (Wildman–Crippen MR) is 126 cm³/mol. The minimum absolute atomic E-state index is 0.0559. The molecular weight excluding hydrogens is 442 g/mol. The molecule has 0 saturated carbocycles. The summed E-state index contributed by atoms with van der Waals surface area (Å²) in [6, 6.07) is 14.0. The van der Waals surface area contributed by atoms with Crippen LogP contribution in [0, 0.1) is 0 Å². The van der Waals surface area contributed by atoms with E-state index in [1.807, 2.05) is 24.3 Å². The topological polar surface area (TPSA) is 106 Å². The number of methoxy groups -OCH3 is 2. The van der Waals surface area contributed by atoms with Gasteiger partial charge in [-0.05, 0) is 67.9 Å². The Hall–Kier alpha value is -3.50. The second-order valence-corrected chi connectivity index (χ2v) is 8.59. The number of aromatic nitrogens is 2. The van der Waals surface area contributed by atoms with Crippen LogP contribution in [0.25, 0.3) is 0 Å². The van der Waals surface area contributed by atoms with Crippen LogP contribution in [-0.4, -0.2) is 53.7 Å². The fraction of sp³-hybridized carbons (Fsp3) is 0.304. The third-order valence-electron chi connectivity index (χ3n) is 5.37. The first kappa shape index (κ1) is 22.7. The second kappa shape index (κ2) is 10.4. The highest BCUT2D eigenvalue weighted by molar-refractivity contribution is 7.13. The SMILES string of the molecule is COc1ccc(NC(=O)c2nnc(CN3CCCC3C(=O)Nc3ccc(OC)cc3)s2)cc1. The first-order chi connectivity index (χ1) is 16.1. The van der Waals surface area contributed by atoms with Gasteiger partial charge in [-0.1, -0.05) is 11.3 Å². The average Bonchev–Trinajstić information content (AvgIpc) is 3.50. The van der Waals surface area contributed by atoms with Gasteiger partial charge in [0.2, 0.25) is 10.9 Å². The fourth-order valence-corrected chi connectivity index (χ4v) is 4.41. The van der Waals surface area contributed by atoms with E-state index in [4.69, 9.17) is 9.47 Å². The van der Waals surface area contributed by atoms with Crippen molar-refractivity contribution >= 4 is 34.5 Å². The third kappa shape index (κ3) is 5.65. The van der Waals surface area contributed by atoms with Crippen LogP contribution in [0.15, 0.2) is 48.5 Å². The number of likely N-dealkylation sites (tertiary alicyclic amines) is 1. The third-order valence-corrected chi connectivity index (χ3v) is 6.28. The number of carbonyl (C=O) groups is 2. The number of amides is 2. The van der Waals surface area contributed by atoms with Gasteiger partial charge in [0.25, 0.3) is 5.91 Å². The van der Waals surface area contributed by atoms with E-state index in [1.54, 1.807) is 38.5 Å². The number of ether oxygens (including phenoxy) is 2. The molecule has 3 aromatic rings. The van der Waals surface area contributed by atoms with Gasteiger partial charge in [-0.25, -0.2) is 0 Å². The summed E-state index contributed by atoms with van der Waals surface area (Å²) in [6.45, 7) is 1.25. The zero-order valence-electron chi connectivity index (χ0n) is 18.4. The van der Waals surface area contributed by atoms with Crippen molar-refractivity contribution in [3.05, 3.63) is 58.5 Å². The Morgan fingerprint density at radius 2 is 1.58 bits per heavy atom. The number of nitrogens with one attached hydrogen (secondary N) is 2. The number of hydrogen-bond acceptors (Lipinski definition) is 8. The zero-order chi connectivity index (χ0) is 23.2. The molecule has 33 heavy (non-hydrogen) atoms. The van der Waals surface area contributed by atoms with E-state index in [-0.39, 0.29) is 22.9 Å². The summed E-state index contributed by atoms with van der Waals surface area (Å²) >= 11 is 1.23. The van der Waals surface area contributed by atoms with E-state index >= 15 is 0 Å². The fourth-order valence-electron chi connectivity index (χ4n) is 3.65. The molecule has 1 aromatic heterocycles. The summed E-state index contributed by atoms with van der Waals surface area (Å²) in [5.74, 6) is 1.07. The van der Waals surface area contributed by atoms with Crippen molar-refractivity contribution in [2.24, 2.45) is 0 Å². The summed E-state index contributed by atoms with van der Waals surface area (Å²) in [5, 5.41) is 14.9. The van der Waals surface area contributed by atoms with E-state index in [2.05, 4.69) is 25.7 Å². The molecule has 4 rings (SSSR count). The van der Waals surface area contributed by atoms with E-state index in [1.165, 1.54) is 11.3 Å². The molecule has 0 spiro atoms. The normalized spacial score (nSPS) is 15.8. The molecule has 2 N–H and O–H groups in total. The van der Waals surface area contributed by atoms with E-state index in [0.29, 0.717) is 23.0 Å². The average molecular weight is 468 g/mol.